The van der Waals surface area contributed by atoms with Crippen LogP contribution >= 0.6 is 0 Å². The van der Waals surface area contributed by atoms with E-state index in [0.29, 0.717) is 11.5 Å². The van der Waals surface area contributed by atoms with Gasteiger partial charge in [0.05, 0.1) is 5.56 Å². The summed E-state index contributed by atoms with van der Waals surface area (Å²) in [6.07, 6.45) is 2.55. The molecule has 0 N–H and O–H groups in total. The van der Waals surface area contributed by atoms with Crippen molar-refractivity contribution in [3.63, 3.8) is 0 Å². The Bertz CT molecular complexity index is 477. The number of pyridine rings is 1. The Morgan fingerprint density at radius 1 is 1.33 bits per heavy atom. The lowest BCUT2D eigenvalue weighted by Gasteiger charge is -2.26. The van der Waals surface area contributed by atoms with Crippen molar-refractivity contribution >= 4 is 5.91 Å². The normalized spacial score (nSPS) is 12.6. The molecule has 0 aliphatic rings. The van der Waals surface area contributed by atoms with Crippen LogP contribution in [0.5, 0.6) is 0 Å². The average molecular weight is 250 g/mol. The van der Waals surface area contributed by atoms with E-state index in [1.807, 2.05) is 6.92 Å². The van der Waals surface area contributed by atoms with Crippen molar-refractivity contribution in [2.24, 2.45) is 13.0 Å². The van der Waals surface area contributed by atoms with E-state index >= 15 is 0 Å². The Labute approximate surface area is 108 Å². The summed E-state index contributed by atoms with van der Waals surface area (Å²) >= 11 is 0. The second kappa shape index (κ2) is 5.85. The molecule has 1 atom stereocenters. The van der Waals surface area contributed by atoms with Gasteiger partial charge in [-0.3, -0.25) is 9.59 Å². The largest absolute Gasteiger partial charge is 0.339 e. The summed E-state index contributed by atoms with van der Waals surface area (Å²) in [7, 11) is 3.46. The maximum Gasteiger partial charge on any atom is 0.255 e. The van der Waals surface area contributed by atoms with E-state index in [4.69, 9.17) is 0 Å². The predicted molar refractivity (Wildman–Crippen MR) is 72.7 cm³/mol. The molecule has 4 nitrogen and oxygen atoms in total. The molecule has 1 amide bonds. The van der Waals surface area contributed by atoms with E-state index in [0.717, 1.165) is 6.42 Å². The second-order valence-electron chi connectivity index (χ2n) is 5.26. The number of amides is 1. The maximum absolute atomic E-state index is 12.2. The third-order valence-corrected chi connectivity index (χ3v) is 3.13. The van der Waals surface area contributed by atoms with Gasteiger partial charge in [-0.2, -0.15) is 0 Å². The van der Waals surface area contributed by atoms with Crippen molar-refractivity contribution < 1.29 is 4.79 Å². The van der Waals surface area contributed by atoms with E-state index in [2.05, 4.69) is 13.8 Å². The number of aromatic nitrogens is 1. The molecule has 0 radical (unpaired) electrons. The fraction of sp³-hybridized carbons (Fsp3) is 0.571. The van der Waals surface area contributed by atoms with Gasteiger partial charge in [0, 0.05) is 32.4 Å². The predicted octanol–water partition coefficient (Wildman–Crippen LogP) is 1.89. The van der Waals surface area contributed by atoms with Gasteiger partial charge >= 0.3 is 0 Å². The van der Waals surface area contributed by atoms with Crippen molar-refractivity contribution in [2.45, 2.75) is 33.2 Å². The highest BCUT2D eigenvalue weighted by Crippen LogP contribution is 2.12. The fourth-order valence-corrected chi connectivity index (χ4v) is 1.96. The minimum atomic E-state index is -0.107. The number of hydrogen-bond donors (Lipinski definition) is 0. The zero-order valence-corrected chi connectivity index (χ0v) is 11.8. The molecule has 0 saturated carbocycles. The zero-order valence-electron chi connectivity index (χ0n) is 11.8. The maximum atomic E-state index is 12.2. The molecule has 0 aliphatic carbocycles. The van der Waals surface area contributed by atoms with Crippen LogP contribution in [0.2, 0.25) is 0 Å². The summed E-state index contributed by atoms with van der Waals surface area (Å²) in [6, 6.07) is 3.20. The Balaban J connectivity index is 2.86. The first kappa shape index (κ1) is 14.5. The van der Waals surface area contributed by atoms with Gasteiger partial charge < -0.3 is 9.47 Å². The molecule has 1 heterocycles. The summed E-state index contributed by atoms with van der Waals surface area (Å²) in [4.78, 5) is 25.3. The summed E-state index contributed by atoms with van der Waals surface area (Å²) < 4.78 is 1.42. The second-order valence-corrected chi connectivity index (χ2v) is 5.26. The number of hydrogen-bond acceptors (Lipinski definition) is 2. The molecular weight excluding hydrogens is 228 g/mol. The first-order chi connectivity index (χ1) is 8.32. The molecule has 0 aromatic carbocycles. The van der Waals surface area contributed by atoms with Crippen molar-refractivity contribution in [1.82, 2.24) is 9.47 Å². The quantitative estimate of drug-likeness (QED) is 0.819. The Hall–Kier alpha value is -1.58. The molecule has 18 heavy (non-hydrogen) atoms. The minimum absolute atomic E-state index is 0.0428. The van der Waals surface area contributed by atoms with Crippen molar-refractivity contribution in [3.8, 4) is 0 Å². The van der Waals surface area contributed by atoms with E-state index in [1.54, 1.807) is 31.3 Å². The van der Waals surface area contributed by atoms with Gasteiger partial charge in [0.2, 0.25) is 5.56 Å². The highest BCUT2D eigenvalue weighted by Gasteiger charge is 2.18. The van der Waals surface area contributed by atoms with Crippen LogP contribution in [0.1, 0.15) is 37.6 Å². The van der Waals surface area contributed by atoms with Crippen molar-refractivity contribution in [3.05, 3.63) is 34.2 Å². The molecular formula is C14H22N2O2. The van der Waals surface area contributed by atoms with Crippen LogP contribution in [0.25, 0.3) is 0 Å². The first-order valence-corrected chi connectivity index (χ1v) is 6.26. The SMILES string of the molecule is CC(C)C[C@H](C)N(C)C(=O)c1ccc(=O)n(C)c1. The summed E-state index contributed by atoms with van der Waals surface area (Å²) in [6.45, 7) is 6.32. The lowest BCUT2D eigenvalue weighted by molar-refractivity contribution is 0.0727. The van der Waals surface area contributed by atoms with Gasteiger partial charge in [0.25, 0.3) is 5.91 Å². The van der Waals surface area contributed by atoms with E-state index in [9.17, 15) is 9.59 Å². The number of carbonyl (C=O) groups excluding carboxylic acids is 1. The van der Waals surface area contributed by atoms with E-state index in [1.165, 1.54) is 10.6 Å². The minimum Gasteiger partial charge on any atom is -0.339 e. The van der Waals surface area contributed by atoms with Gasteiger partial charge in [0.1, 0.15) is 0 Å². The van der Waals surface area contributed by atoms with Gasteiger partial charge in [-0.25, -0.2) is 0 Å². The number of nitrogens with zero attached hydrogens (tertiary/aromatic N) is 2. The lowest BCUT2D eigenvalue weighted by Crippen LogP contribution is -2.36. The lowest BCUT2D eigenvalue weighted by atomic mass is 10.0. The highest BCUT2D eigenvalue weighted by molar-refractivity contribution is 5.93. The fourth-order valence-electron chi connectivity index (χ4n) is 1.96. The molecule has 0 aliphatic heterocycles. The van der Waals surface area contributed by atoms with Crippen LogP contribution in [0.15, 0.2) is 23.1 Å². The van der Waals surface area contributed by atoms with E-state index in [-0.39, 0.29) is 17.5 Å². The Morgan fingerprint density at radius 2 is 1.94 bits per heavy atom. The molecule has 1 aromatic heterocycles. The summed E-state index contributed by atoms with van der Waals surface area (Å²) in [5.74, 6) is 0.508. The van der Waals surface area contributed by atoms with Crippen LogP contribution in [0.4, 0.5) is 0 Å². The van der Waals surface area contributed by atoms with Crippen molar-refractivity contribution in [2.75, 3.05) is 7.05 Å². The zero-order chi connectivity index (χ0) is 13.9. The van der Waals surface area contributed by atoms with Crippen LogP contribution in [-0.2, 0) is 7.05 Å². The Morgan fingerprint density at radius 3 is 2.44 bits per heavy atom. The monoisotopic (exact) mass is 250 g/mol. The molecule has 0 fully saturated rings. The van der Waals surface area contributed by atoms with Crippen LogP contribution in [0, 0.1) is 5.92 Å². The summed E-state index contributed by atoms with van der Waals surface area (Å²) in [5, 5.41) is 0. The molecule has 1 aromatic rings. The number of aryl methyl sites for hydroxylation is 1. The molecule has 0 bridgehead atoms. The van der Waals surface area contributed by atoms with Crippen LogP contribution in [-0.4, -0.2) is 28.5 Å². The van der Waals surface area contributed by atoms with Crippen molar-refractivity contribution in [1.29, 1.82) is 0 Å². The topological polar surface area (TPSA) is 42.3 Å². The molecule has 0 unspecified atom stereocenters. The number of carbonyl (C=O) groups is 1. The standard InChI is InChI=1S/C14H22N2O2/c1-10(2)8-11(3)16(5)14(18)12-6-7-13(17)15(4)9-12/h6-7,9-11H,8H2,1-5H3/t11-/m0/s1. The van der Waals surface area contributed by atoms with Gasteiger partial charge in [-0.15, -0.1) is 0 Å². The van der Waals surface area contributed by atoms with Gasteiger partial charge in [-0.1, -0.05) is 13.8 Å². The van der Waals surface area contributed by atoms with Gasteiger partial charge in [0.15, 0.2) is 0 Å². The third-order valence-electron chi connectivity index (χ3n) is 3.13. The third kappa shape index (κ3) is 3.45. The van der Waals surface area contributed by atoms with Crippen LogP contribution in [0.3, 0.4) is 0 Å². The molecule has 1 rings (SSSR count). The molecule has 0 saturated heterocycles. The smallest absolute Gasteiger partial charge is 0.255 e. The number of rotatable bonds is 4. The van der Waals surface area contributed by atoms with Crippen LogP contribution < -0.4 is 5.56 Å². The average Bonchev–Trinajstić information content (AvgIpc) is 2.30. The Kier molecular flexibility index (Phi) is 4.70. The van der Waals surface area contributed by atoms with Gasteiger partial charge in [-0.05, 0) is 25.3 Å². The summed E-state index contributed by atoms with van der Waals surface area (Å²) in [5.41, 5.74) is 0.444. The molecule has 0 spiro atoms. The highest BCUT2D eigenvalue weighted by atomic mass is 16.2. The van der Waals surface area contributed by atoms with E-state index < -0.39 is 0 Å². The molecule has 100 valence electrons. The first-order valence-electron chi connectivity index (χ1n) is 6.26. The molecule has 4 heteroatoms.